The largest absolute Gasteiger partial charge is 0.382 e. The van der Waals surface area contributed by atoms with Crippen molar-refractivity contribution in [1.29, 1.82) is 0 Å². The van der Waals surface area contributed by atoms with Gasteiger partial charge in [0.15, 0.2) is 0 Å². The third-order valence-electron chi connectivity index (χ3n) is 4.06. The minimum absolute atomic E-state index is 0.524. The molecular formula is C13H26N2O2. The van der Waals surface area contributed by atoms with E-state index >= 15 is 0 Å². The lowest BCUT2D eigenvalue weighted by atomic mass is 9.79. The second-order valence-corrected chi connectivity index (χ2v) is 5.22. The maximum absolute atomic E-state index is 5.50. The van der Waals surface area contributed by atoms with Crippen molar-refractivity contribution in [1.82, 2.24) is 10.8 Å². The molecule has 17 heavy (non-hydrogen) atoms. The Bertz CT molecular complexity index is 208. The first-order chi connectivity index (χ1) is 8.42. The van der Waals surface area contributed by atoms with Crippen molar-refractivity contribution >= 4 is 0 Å². The summed E-state index contributed by atoms with van der Waals surface area (Å²) in [6.45, 7) is 2.49. The lowest BCUT2D eigenvalue weighted by Crippen LogP contribution is -2.47. The molecule has 100 valence electrons. The molecule has 0 aromatic heterocycles. The SMILES string of the molecule is COCCONC1CCCCC1C1CCCN1. The summed E-state index contributed by atoms with van der Waals surface area (Å²) in [7, 11) is 1.70. The summed E-state index contributed by atoms with van der Waals surface area (Å²) < 4.78 is 4.98. The van der Waals surface area contributed by atoms with Crippen LogP contribution in [0.2, 0.25) is 0 Å². The topological polar surface area (TPSA) is 42.5 Å². The quantitative estimate of drug-likeness (QED) is 0.547. The van der Waals surface area contributed by atoms with Gasteiger partial charge in [0.2, 0.25) is 0 Å². The average Bonchev–Trinajstić information content (AvgIpc) is 2.89. The van der Waals surface area contributed by atoms with Crippen molar-refractivity contribution in [3.05, 3.63) is 0 Å². The Hall–Kier alpha value is -0.160. The van der Waals surface area contributed by atoms with Crippen LogP contribution in [0.3, 0.4) is 0 Å². The lowest BCUT2D eigenvalue weighted by molar-refractivity contribution is -0.0340. The maximum atomic E-state index is 5.50. The van der Waals surface area contributed by atoms with Gasteiger partial charge in [-0.05, 0) is 38.1 Å². The molecule has 1 saturated carbocycles. The van der Waals surface area contributed by atoms with E-state index in [2.05, 4.69) is 10.8 Å². The smallest absolute Gasteiger partial charge is 0.0915 e. The Morgan fingerprint density at radius 3 is 2.76 bits per heavy atom. The number of hydrogen-bond donors (Lipinski definition) is 2. The molecular weight excluding hydrogens is 216 g/mol. The van der Waals surface area contributed by atoms with Gasteiger partial charge in [-0.1, -0.05) is 12.8 Å². The lowest BCUT2D eigenvalue weighted by Gasteiger charge is -2.35. The first kappa shape index (κ1) is 13.3. The summed E-state index contributed by atoms with van der Waals surface area (Å²) in [5.74, 6) is 0.744. The van der Waals surface area contributed by atoms with E-state index in [1.54, 1.807) is 7.11 Å². The Morgan fingerprint density at radius 2 is 2.00 bits per heavy atom. The number of hydrogen-bond acceptors (Lipinski definition) is 4. The van der Waals surface area contributed by atoms with E-state index in [-0.39, 0.29) is 0 Å². The summed E-state index contributed by atoms with van der Waals surface area (Å²) in [6, 6.07) is 1.23. The second kappa shape index (κ2) is 7.31. The van der Waals surface area contributed by atoms with Crippen LogP contribution in [0.15, 0.2) is 0 Å². The fourth-order valence-electron chi connectivity index (χ4n) is 3.16. The Kier molecular flexibility index (Phi) is 5.71. The van der Waals surface area contributed by atoms with E-state index in [1.165, 1.54) is 45.1 Å². The van der Waals surface area contributed by atoms with Gasteiger partial charge in [0.25, 0.3) is 0 Å². The average molecular weight is 242 g/mol. The Labute approximate surface area is 104 Å². The molecule has 0 bridgehead atoms. The van der Waals surface area contributed by atoms with Gasteiger partial charge >= 0.3 is 0 Å². The fraction of sp³-hybridized carbons (Fsp3) is 1.00. The standard InChI is InChI=1S/C13H26N2O2/c1-16-9-10-17-15-13-6-3-2-5-11(13)12-7-4-8-14-12/h11-15H,2-10H2,1H3. The summed E-state index contributed by atoms with van der Waals surface area (Å²) in [5, 5.41) is 3.64. The van der Waals surface area contributed by atoms with Gasteiger partial charge in [0.05, 0.1) is 13.2 Å². The Morgan fingerprint density at radius 1 is 1.12 bits per heavy atom. The van der Waals surface area contributed by atoms with Crippen LogP contribution in [-0.2, 0) is 9.57 Å². The molecule has 0 aromatic rings. The van der Waals surface area contributed by atoms with Crippen molar-refractivity contribution in [2.75, 3.05) is 26.9 Å². The molecule has 0 amide bonds. The zero-order valence-electron chi connectivity index (χ0n) is 10.9. The van der Waals surface area contributed by atoms with E-state index in [1.807, 2.05) is 0 Å². The molecule has 1 aliphatic heterocycles. The van der Waals surface area contributed by atoms with Crippen molar-refractivity contribution in [2.45, 2.75) is 50.6 Å². The van der Waals surface area contributed by atoms with Crippen LogP contribution in [0, 0.1) is 5.92 Å². The van der Waals surface area contributed by atoms with Crippen LogP contribution in [-0.4, -0.2) is 39.0 Å². The summed E-state index contributed by atoms with van der Waals surface area (Å²) in [4.78, 5) is 5.50. The third kappa shape index (κ3) is 3.91. The number of nitrogens with one attached hydrogen (secondary N) is 2. The van der Waals surface area contributed by atoms with Gasteiger partial charge < -0.3 is 10.1 Å². The molecule has 3 atom stereocenters. The highest BCUT2D eigenvalue weighted by molar-refractivity contribution is 4.90. The zero-order chi connectivity index (χ0) is 11.9. The maximum Gasteiger partial charge on any atom is 0.0915 e. The third-order valence-corrected chi connectivity index (χ3v) is 4.06. The molecule has 1 heterocycles. The van der Waals surface area contributed by atoms with Crippen LogP contribution in [0.5, 0.6) is 0 Å². The number of hydroxylamine groups is 1. The number of ether oxygens (including phenoxy) is 1. The van der Waals surface area contributed by atoms with Gasteiger partial charge in [0.1, 0.15) is 0 Å². The second-order valence-electron chi connectivity index (χ2n) is 5.22. The van der Waals surface area contributed by atoms with Crippen molar-refractivity contribution in [2.24, 2.45) is 5.92 Å². The predicted octanol–water partition coefficient (Wildman–Crippen LogP) is 1.46. The fourth-order valence-corrected chi connectivity index (χ4v) is 3.16. The molecule has 4 nitrogen and oxygen atoms in total. The minimum Gasteiger partial charge on any atom is -0.382 e. The zero-order valence-corrected chi connectivity index (χ0v) is 10.9. The van der Waals surface area contributed by atoms with Gasteiger partial charge in [-0.3, -0.25) is 4.84 Å². The van der Waals surface area contributed by atoms with E-state index in [4.69, 9.17) is 9.57 Å². The first-order valence-electron chi connectivity index (χ1n) is 7.01. The van der Waals surface area contributed by atoms with Gasteiger partial charge in [-0.25, -0.2) is 0 Å². The molecule has 4 heteroatoms. The van der Waals surface area contributed by atoms with Crippen LogP contribution >= 0.6 is 0 Å². The molecule has 2 aliphatic rings. The van der Waals surface area contributed by atoms with Gasteiger partial charge in [0, 0.05) is 19.2 Å². The summed E-state index contributed by atoms with van der Waals surface area (Å²) in [5.41, 5.74) is 3.26. The van der Waals surface area contributed by atoms with Crippen molar-refractivity contribution in [3.63, 3.8) is 0 Å². The molecule has 3 unspecified atom stereocenters. The molecule has 1 saturated heterocycles. The molecule has 1 aliphatic carbocycles. The van der Waals surface area contributed by atoms with Gasteiger partial charge in [-0.15, -0.1) is 0 Å². The summed E-state index contributed by atoms with van der Waals surface area (Å²) in [6.07, 6.45) is 7.95. The van der Waals surface area contributed by atoms with E-state index < -0.39 is 0 Å². The normalized spacial score (nSPS) is 34.1. The molecule has 0 aromatic carbocycles. The Balaban J connectivity index is 1.75. The van der Waals surface area contributed by atoms with Crippen LogP contribution < -0.4 is 10.8 Å². The van der Waals surface area contributed by atoms with Crippen LogP contribution in [0.25, 0.3) is 0 Å². The van der Waals surface area contributed by atoms with Crippen LogP contribution in [0.1, 0.15) is 38.5 Å². The molecule has 2 fully saturated rings. The monoisotopic (exact) mass is 242 g/mol. The van der Waals surface area contributed by atoms with Crippen LogP contribution in [0.4, 0.5) is 0 Å². The number of rotatable bonds is 6. The van der Waals surface area contributed by atoms with Crippen molar-refractivity contribution < 1.29 is 9.57 Å². The summed E-state index contributed by atoms with van der Waals surface area (Å²) >= 11 is 0. The molecule has 0 radical (unpaired) electrons. The van der Waals surface area contributed by atoms with E-state index in [9.17, 15) is 0 Å². The molecule has 2 rings (SSSR count). The first-order valence-corrected chi connectivity index (χ1v) is 7.01. The van der Waals surface area contributed by atoms with E-state index in [0.717, 1.165) is 5.92 Å². The van der Waals surface area contributed by atoms with Crippen molar-refractivity contribution in [3.8, 4) is 0 Å². The highest BCUT2D eigenvalue weighted by Crippen LogP contribution is 2.30. The predicted molar refractivity (Wildman–Crippen MR) is 67.7 cm³/mol. The van der Waals surface area contributed by atoms with Gasteiger partial charge in [-0.2, -0.15) is 5.48 Å². The minimum atomic E-state index is 0.524. The highest BCUT2D eigenvalue weighted by atomic mass is 16.7. The molecule has 0 spiro atoms. The van der Waals surface area contributed by atoms with E-state index in [0.29, 0.717) is 25.3 Å². The number of methoxy groups -OCH3 is 1. The highest BCUT2D eigenvalue weighted by Gasteiger charge is 2.33. The molecule has 2 N–H and O–H groups in total.